The third kappa shape index (κ3) is 3.20. The van der Waals surface area contributed by atoms with E-state index >= 15 is 0 Å². The van der Waals surface area contributed by atoms with Gasteiger partial charge in [-0.3, -0.25) is 4.98 Å². The Morgan fingerprint density at radius 1 is 1.50 bits per heavy atom. The van der Waals surface area contributed by atoms with E-state index in [1.807, 2.05) is 19.2 Å². The molecule has 88 valence electrons. The summed E-state index contributed by atoms with van der Waals surface area (Å²) in [5, 5.41) is 3.49. The Morgan fingerprint density at radius 2 is 2.31 bits per heavy atom. The highest BCUT2D eigenvalue weighted by atomic mass is 16.5. The van der Waals surface area contributed by atoms with Crippen LogP contribution in [0.2, 0.25) is 0 Å². The summed E-state index contributed by atoms with van der Waals surface area (Å²) in [7, 11) is 0. The number of nitrogens with one attached hydrogen (secondary N) is 1. The SMILES string of the molecule is CCCOc1cc(C)ncc1CNC1CC1. The molecule has 1 aliphatic carbocycles. The minimum atomic E-state index is 0.723. The Hall–Kier alpha value is -1.09. The molecular formula is C13H20N2O. The minimum absolute atomic E-state index is 0.723. The molecule has 3 heteroatoms. The van der Waals surface area contributed by atoms with Gasteiger partial charge in [-0.05, 0) is 26.2 Å². The standard InChI is InChI=1S/C13H20N2O/c1-3-6-16-13-7-10(2)14-8-11(13)9-15-12-4-5-12/h7-8,12,15H,3-6,9H2,1-2H3. The van der Waals surface area contributed by atoms with Crippen LogP contribution in [0.1, 0.15) is 37.4 Å². The average molecular weight is 220 g/mol. The summed E-state index contributed by atoms with van der Waals surface area (Å²) in [4.78, 5) is 4.33. The molecule has 0 aromatic carbocycles. The molecule has 0 amide bonds. The Kier molecular flexibility index (Phi) is 3.78. The van der Waals surface area contributed by atoms with Crippen LogP contribution in [0.3, 0.4) is 0 Å². The van der Waals surface area contributed by atoms with Crippen LogP contribution in [0.4, 0.5) is 0 Å². The highest BCUT2D eigenvalue weighted by Gasteiger charge is 2.20. The van der Waals surface area contributed by atoms with Gasteiger partial charge in [0.2, 0.25) is 0 Å². The van der Waals surface area contributed by atoms with Crippen molar-refractivity contribution < 1.29 is 4.74 Å². The lowest BCUT2D eigenvalue weighted by atomic mass is 10.2. The highest BCUT2D eigenvalue weighted by Crippen LogP contribution is 2.22. The summed E-state index contributed by atoms with van der Waals surface area (Å²) in [5.74, 6) is 0.988. The Balaban J connectivity index is 2.00. The van der Waals surface area contributed by atoms with E-state index in [9.17, 15) is 0 Å². The van der Waals surface area contributed by atoms with Crippen molar-refractivity contribution in [1.82, 2.24) is 10.3 Å². The summed E-state index contributed by atoms with van der Waals surface area (Å²) >= 11 is 0. The van der Waals surface area contributed by atoms with Gasteiger partial charge in [-0.1, -0.05) is 6.92 Å². The first kappa shape index (κ1) is 11.4. The molecule has 16 heavy (non-hydrogen) atoms. The topological polar surface area (TPSA) is 34.1 Å². The first-order valence-electron chi connectivity index (χ1n) is 6.11. The number of pyridine rings is 1. The molecule has 0 aliphatic heterocycles. The Bertz CT molecular complexity index is 348. The number of hydrogen-bond acceptors (Lipinski definition) is 3. The molecule has 2 rings (SSSR count). The molecule has 1 aliphatic rings. The minimum Gasteiger partial charge on any atom is -0.493 e. The fourth-order valence-electron chi connectivity index (χ4n) is 1.58. The van der Waals surface area contributed by atoms with E-state index in [2.05, 4.69) is 17.2 Å². The molecule has 0 bridgehead atoms. The van der Waals surface area contributed by atoms with Crippen LogP contribution < -0.4 is 10.1 Å². The molecule has 1 aromatic heterocycles. The van der Waals surface area contributed by atoms with Gasteiger partial charge in [-0.15, -0.1) is 0 Å². The van der Waals surface area contributed by atoms with Crippen LogP contribution in [0.5, 0.6) is 5.75 Å². The lowest BCUT2D eigenvalue weighted by molar-refractivity contribution is 0.312. The molecule has 3 nitrogen and oxygen atoms in total. The normalized spacial score (nSPS) is 15.1. The van der Waals surface area contributed by atoms with Crippen molar-refractivity contribution in [3.8, 4) is 5.75 Å². The quantitative estimate of drug-likeness (QED) is 0.799. The van der Waals surface area contributed by atoms with Gasteiger partial charge in [0.05, 0.1) is 6.61 Å². The summed E-state index contributed by atoms with van der Waals surface area (Å²) in [5.41, 5.74) is 2.19. The van der Waals surface area contributed by atoms with Crippen molar-refractivity contribution >= 4 is 0 Å². The highest BCUT2D eigenvalue weighted by molar-refractivity contribution is 5.32. The van der Waals surface area contributed by atoms with Crippen LogP contribution in [-0.2, 0) is 6.54 Å². The molecule has 0 atom stereocenters. The summed E-state index contributed by atoms with van der Waals surface area (Å²) in [6, 6.07) is 2.75. The lowest BCUT2D eigenvalue weighted by Gasteiger charge is -2.11. The molecular weight excluding hydrogens is 200 g/mol. The van der Waals surface area contributed by atoms with Crippen LogP contribution >= 0.6 is 0 Å². The van der Waals surface area contributed by atoms with E-state index in [-0.39, 0.29) is 0 Å². The van der Waals surface area contributed by atoms with E-state index in [0.29, 0.717) is 0 Å². The smallest absolute Gasteiger partial charge is 0.127 e. The van der Waals surface area contributed by atoms with Gasteiger partial charge < -0.3 is 10.1 Å². The molecule has 0 saturated heterocycles. The van der Waals surface area contributed by atoms with Gasteiger partial charge in [-0.25, -0.2) is 0 Å². The molecule has 1 fully saturated rings. The maximum absolute atomic E-state index is 5.74. The maximum Gasteiger partial charge on any atom is 0.127 e. The zero-order valence-corrected chi connectivity index (χ0v) is 10.1. The Labute approximate surface area is 97.2 Å². The number of aryl methyl sites for hydroxylation is 1. The predicted molar refractivity (Wildman–Crippen MR) is 64.6 cm³/mol. The molecule has 1 saturated carbocycles. The van der Waals surface area contributed by atoms with Gasteiger partial charge in [0, 0.05) is 36.1 Å². The van der Waals surface area contributed by atoms with E-state index in [1.165, 1.54) is 18.4 Å². The second-order valence-electron chi connectivity index (χ2n) is 4.44. The van der Waals surface area contributed by atoms with Gasteiger partial charge in [0.1, 0.15) is 5.75 Å². The second kappa shape index (κ2) is 5.30. The van der Waals surface area contributed by atoms with E-state index in [1.54, 1.807) is 0 Å². The third-order valence-electron chi connectivity index (χ3n) is 2.70. The zero-order chi connectivity index (χ0) is 11.4. The van der Waals surface area contributed by atoms with Gasteiger partial charge >= 0.3 is 0 Å². The largest absolute Gasteiger partial charge is 0.493 e. The van der Waals surface area contributed by atoms with Gasteiger partial charge in [0.25, 0.3) is 0 Å². The van der Waals surface area contributed by atoms with Gasteiger partial charge in [-0.2, -0.15) is 0 Å². The predicted octanol–water partition coefficient (Wildman–Crippen LogP) is 2.43. The number of ether oxygens (including phenoxy) is 1. The number of aromatic nitrogens is 1. The zero-order valence-electron chi connectivity index (χ0n) is 10.1. The van der Waals surface area contributed by atoms with Crippen LogP contribution in [0.25, 0.3) is 0 Å². The number of rotatable bonds is 6. The van der Waals surface area contributed by atoms with Crippen molar-refractivity contribution in [2.45, 2.75) is 45.7 Å². The maximum atomic E-state index is 5.74. The van der Waals surface area contributed by atoms with Crippen LogP contribution in [-0.4, -0.2) is 17.6 Å². The molecule has 1 heterocycles. The van der Waals surface area contributed by atoms with Crippen molar-refractivity contribution in [3.63, 3.8) is 0 Å². The first-order chi connectivity index (χ1) is 7.79. The average Bonchev–Trinajstić information content (AvgIpc) is 3.09. The summed E-state index contributed by atoms with van der Waals surface area (Å²) in [6.45, 7) is 5.77. The van der Waals surface area contributed by atoms with Crippen molar-refractivity contribution in [3.05, 3.63) is 23.5 Å². The van der Waals surface area contributed by atoms with Crippen molar-refractivity contribution in [2.24, 2.45) is 0 Å². The lowest BCUT2D eigenvalue weighted by Crippen LogP contribution is -2.16. The number of hydrogen-bond donors (Lipinski definition) is 1. The second-order valence-corrected chi connectivity index (χ2v) is 4.44. The van der Waals surface area contributed by atoms with E-state index in [0.717, 1.165) is 37.1 Å². The first-order valence-corrected chi connectivity index (χ1v) is 6.11. The van der Waals surface area contributed by atoms with E-state index in [4.69, 9.17) is 4.74 Å². The monoisotopic (exact) mass is 220 g/mol. The molecule has 1 N–H and O–H groups in total. The molecule has 0 spiro atoms. The van der Waals surface area contributed by atoms with Crippen LogP contribution in [0, 0.1) is 6.92 Å². The molecule has 1 aromatic rings. The van der Waals surface area contributed by atoms with Crippen molar-refractivity contribution in [1.29, 1.82) is 0 Å². The van der Waals surface area contributed by atoms with Crippen LogP contribution in [0.15, 0.2) is 12.3 Å². The van der Waals surface area contributed by atoms with Crippen molar-refractivity contribution in [2.75, 3.05) is 6.61 Å². The van der Waals surface area contributed by atoms with Gasteiger partial charge in [0.15, 0.2) is 0 Å². The molecule has 0 unspecified atom stereocenters. The fraction of sp³-hybridized carbons (Fsp3) is 0.615. The summed E-state index contributed by atoms with van der Waals surface area (Å²) < 4.78 is 5.74. The summed E-state index contributed by atoms with van der Waals surface area (Å²) in [6.07, 6.45) is 5.58. The third-order valence-corrected chi connectivity index (χ3v) is 2.70. The number of nitrogens with zero attached hydrogens (tertiary/aromatic N) is 1. The Morgan fingerprint density at radius 3 is 3.00 bits per heavy atom. The fourth-order valence-corrected chi connectivity index (χ4v) is 1.58. The van der Waals surface area contributed by atoms with E-state index < -0.39 is 0 Å². The molecule has 0 radical (unpaired) electrons.